The molecule has 2 nitrogen and oxygen atoms in total. The Balaban J connectivity index is 2.40. The van der Waals surface area contributed by atoms with Crippen molar-refractivity contribution in [3.63, 3.8) is 0 Å². The summed E-state index contributed by atoms with van der Waals surface area (Å²) in [5.74, 6) is 0.197. The van der Waals surface area contributed by atoms with Gasteiger partial charge >= 0.3 is 0 Å². The highest BCUT2D eigenvalue weighted by molar-refractivity contribution is 5.37. The van der Waals surface area contributed by atoms with Crippen LogP contribution in [0.4, 0.5) is 4.39 Å². The van der Waals surface area contributed by atoms with Gasteiger partial charge < -0.3 is 10.4 Å². The van der Waals surface area contributed by atoms with Crippen molar-refractivity contribution in [2.45, 2.75) is 19.3 Å². The molecule has 1 unspecified atom stereocenters. The van der Waals surface area contributed by atoms with E-state index in [2.05, 4.69) is 5.32 Å². The lowest BCUT2D eigenvalue weighted by atomic mass is 9.96. The van der Waals surface area contributed by atoms with E-state index >= 15 is 0 Å². The van der Waals surface area contributed by atoms with Gasteiger partial charge in [-0.3, -0.25) is 0 Å². The lowest BCUT2D eigenvalue weighted by Gasteiger charge is -2.12. The standard InChI is InChI=1S/C11H14FNO/c1-7-4-9(14)5-10(11(7)12)8-2-3-13-6-8/h4-5,8,13-14H,2-3,6H2,1H3. The van der Waals surface area contributed by atoms with E-state index in [9.17, 15) is 9.50 Å². The number of aryl methyl sites for hydroxylation is 1. The van der Waals surface area contributed by atoms with Crippen molar-refractivity contribution in [3.05, 3.63) is 29.1 Å². The van der Waals surface area contributed by atoms with Crippen molar-refractivity contribution < 1.29 is 9.50 Å². The van der Waals surface area contributed by atoms with Gasteiger partial charge in [-0.25, -0.2) is 4.39 Å². The minimum atomic E-state index is -0.170. The first kappa shape index (κ1) is 9.46. The molecule has 0 radical (unpaired) electrons. The van der Waals surface area contributed by atoms with Crippen molar-refractivity contribution in [3.8, 4) is 5.75 Å². The summed E-state index contributed by atoms with van der Waals surface area (Å²) in [6, 6.07) is 3.00. The van der Waals surface area contributed by atoms with E-state index in [1.54, 1.807) is 13.0 Å². The van der Waals surface area contributed by atoms with Crippen LogP contribution in [0.1, 0.15) is 23.5 Å². The fourth-order valence-corrected chi connectivity index (χ4v) is 1.99. The van der Waals surface area contributed by atoms with E-state index < -0.39 is 0 Å². The summed E-state index contributed by atoms with van der Waals surface area (Å²) in [4.78, 5) is 0. The fraction of sp³-hybridized carbons (Fsp3) is 0.455. The highest BCUT2D eigenvalue weighted by Crippen LogP contribution is 2.29. The zero-order chi connectivity index (χ0) is 10.1. The fourth-order valence-electron chi connectivity index (χ4n) is 1.99. The van der Waals surface area contributed by atoms with Gasteiger partial charge in [-0.15, -0.1) is 0 Å². The van der Waals surface area contributed by atoms with Crippen LogP contribution in [0.2, 0.25) is 0 Å². The lowest BCUT2D eigenvalue weighted by Crippen LogP contribution is -2.09. The number of halogens is 1. The minimum Gasteiger partial charge on any atom is -0.508 e. The Kier molecular flexibility index (Phi) is 2.42. The molecule has 0 saturated carbocycles. The van der Waals surface area contributed by atoms with Gasteiger partial charge in [-0.1, -0.05) is 0 Å². The molecule has 0 aromatic heterocycles. The number of aromatic hydroxyl groups is 1. The molecule has 0 spiro atoms. The van der Waals surface area contributed by atoms with Crippen molar-refractivity contribution in [2.75, 3.05) is 13.1 Å². The smallest absolute Gasteiger partial charge is 0.129 e. The lowest BCUT2D eigenvalue weighted by molar-refractivity contribution is 0.468. The Morgan fingerprint density at radius 1 is 1.50 bits per heavy atom. The van der Waals surface area contributed by atoms with Crippen LogP contribution in [0.25, 0.3) is 0 Å². The van der Waals surface area contributed by atoms with Gasteiger partial charge in [0.15, 0.2) is 0 Å². The van der Waals surface area contributed by atoms with E-state index in [0.29, 0.717) is 11.1 Å². The second kappa shape index (κ2) is 3.58. The van der Waals surface area contributed by atoms with E-state index in [4.69, 9.17) is 0 Å². The van der Waals surface area contributed by atoms with E-state index in [1.165, 1.54) is 6.07 Å². The van der Waals surface area contributed by atoms with Crippen LogP contribution >= 0.6 is 0 Å². The molecule has 1 aliphatic heterocycles. The molecule has 1 saturated heterocycles. The first-order valence-electron chi connectivity index (χ1n) is 4.88. The SMILES string of the molecule is Cc1cc(O)cc(C2CCNC2)c1F. The van der Waals surface area contributed by atoms with Crippen molar-refractivity contribution >= 4 is 0 Å². The number of rotatable bonds is 1. The maximum absolute atomic E-state index is 13.7. The zero-order valence-electron chi connectivity index (χ0n) is 8.18. The molecule has 0 amide bonds. The zero-order valence-corrected chi connectivity index (χ0v) is 8.18. The Morgan fingerprint density at radius 2 is 2.29 bits per heavy atom. The van der Waals surface area contributed by atoms with Gasteiger partial charge in [0.05, 0.1) is 0 Å². The first-order valence-corrected chi connectivity index (χ1v) is 4.88. The Bertz CT molecular complexity index is 345. The molecule has 1 fully saturated rings. The van der Waals surface area contributed by atoms with Crippen LogP contribution in [0, 0.1) is 12.7 Å². The van der Waals surface area contributed by atoms with Crippen molar-refractivity contribution in [2.24, 2.45) is 0 Å². The predicted molar refractivity (Wildman–Crippen MR) is 53.0 cm³/mol. The molecule has 1 aromatic rings. The monoisotopic (exact) mass is 195 g/mol. The highest BCUT2D eigenvalue weighted by Gasteiger charge is 2.21. The maximum atomic E-state index is 13.7. The summed E-state index contributed by atoms with van der Waals surface area (Å²) in [6.07, 6.45) is 0.944. The van der Waals surface area contributed by atoms with Gasteiger partial charge in [0.25, 0.3) is 0 Å². The minimum absolute atomic E-state index is 0.158. The number of hydrogen-bond donors (Lipinski definition) is 2. The van der Waals surface area contributed by atoms with Gasteiger partial charge in [-0.05, 0) is 43.1 Å². The average molecular weight is 195 g/mol. The summed E-state index contributed by atoms with van der Waals surface area (Å²) >= 11 is 0. The molecule has 2 N–H and O–H groups in total. The summed E-state index contributed by atoms with van der Waals surface area (Å²) in [5.41, 5.74) is 1.17. The quantitative estimate of drug-likeness (QED) is 0.717. The van der Waals surface area contributed by atoms with Crippen molar-refractivity contribution in [1.82, 2.24) is 5.32 Å². The predicted octanol–water partition coefficient (Wildman–Crippen LogP) is 1.92. The summed E-state index contributed by atoms with van der Waals surface area (Å²) < 4.78 is 13.7. The van der Waals surface area contributed by atoms with Crippen LogP contribution in [-0.4, -0.2) is 18.2 Å². The van der Waals surface area contributed by atoms with Crippen LogP contribution < -0.4 is 5.32 Å². The molecule has 0 aliphatic carbocycles. The largest absolute Gasteiger partial charge is 0.508 e. The highest BCUT2D eigenvalue weighted by atomic mass is 19.1. The third-order valence-electron chi connectivity index (χ3n) is 2.77. The second-order valence-corrected chi connectivity index (χ2v) is 3.86. The Hall–Kier alpha value is -1.09. The van der Waals surface area contributed by atoms with Crippen molar-refractivity contribution in [1.29, 1.82) is 0 Å². The number of phenolic OH excluding ortho intramolecular Hbond substituents is 1. The molecular formula is C11H14FNO. The topological polar surface area (TPSA) is 32.3 Å². The number of phenols is 1. The van der Waals surface area contributed by atoms with E-state index in [0.717, 1.165) is 19.5 Å². The molecule has 2 rings (SSSR count). The Morgan fingerprint density at radius 3 is 2.93 bits per heavy atom. The first-order chi connectivity index (χ1) is 6.68. The third-order valence-corrected chi connectivity index (χ3v) is 2.77. The number of benzene rings is 1. The third kappa shape index (κ3) is 1.60. The molecule has 3 heteroatoms. The Labute approximate surface area is 82.8 Å². The molecule has 76 valence electrons. The maximum Gasteiger partial charge on any atom is 0.129 e. The average Bonchev–Trinajstić information content (AvgIpc) is 2.63. The van der Waals surface area contributed by atoms with Crippen LogP contribution in [0.5, 0.6) is 5.75 Å². The van der Waals surface area contributed by atoms with Crippen LogP contribution in [0.3, 0.4) is 0 Å². The molecule has 0 bridgehead atoms. The summed E-state index contributed by atoms with van der Waals surface area (Å²) in [6.45, 7) is 3.42. The summed E-state index contributed by atoms with van der Waals surface area (Å²) in [7, 11) is 0. The van der Waals surface area contributed by atoms with Gasteiger partial charge in [0, 0.05) is 12.5 Å². The van der Waals surface area contributed by atoms with Crippen LogP contribution in [-0.2, 0) is 0 Å². The van der Waals surface area contributed by atoms with E-state index in [-0.39, 0.29) is 17.5 Å². The number of hydrogen-bond acceptors (Lipinski definition) is 2. The molecule has 1 aromatic carbocycles. The van der Waals surface area contributed by atoms with Crippen LogP contribution in [0.15, 0.2) is 12.1 Å². The molecule has 1 heterocycles. The van der Waals surface area contributed by atoms with Gasteiger partial charge in [0.1, 0.15) is 11.6 Å². The van der Waals surface area contributed by atoms with Gasteiger partial charge in [0.2, 0.25) is 0 Å². The molecule has 1 atom stereocenters. The molecular weight excluding hydrogens is 181 g/mol. The summed E-state index contributed by atoms with van der Waals surface area (Å²) in [5, 5.41) is 12.6. The normalized spacial score (nSPS) is 21.4. The van der Waals surface area contributed by atoms with Gasteiger partial charge in [-0.2, -0.15) is 0 Å². The second-order valence-electron chi connectivity index (χ2n) is 3.86. The molecule has 1 aliphatic rings. The number of nitrogens with one attached hydrogen (secondary N) is 1. The van der Waals surface area contributed by atoms with E-state index in [1.807, 2.05) is 0 Å². The molecule has 14 heavy (non-hydrogen) atoms.